The fourth-order valence-corrected chi connectivity index (χ4v) is 5.15. The van der Waals surface area contributed by atoms with E-state index in [2.05, 4.69) is 0 Å². The van der Waals surface area contributed by atoms with Gasteiger partial charge in [-0.1, -0.05) is 26.0 Å². The van der Waals surface area contributed by atoms with E-state index in [1.165, 1.54) is 35.2 Å². The lowest BCUT2D eigenvalue weighted by Gasteiger charge is -2.28. The molecule has 184 valence electrons. The topological polar surface area (TPSA) is 144 Å². The van der Waals surface area contributed by atoms with E-state index in [-0.39, 0.29) is 22.1 Å². The Labute approximate surface area is 202 Å². The molecule has 35 heavy (non-hydrogen) atoms. The van der Waals surface area contributed by atoms with Crippen molar-refractivity contribution in [3.63, 3.8) is 0 Å². The normalized spacial score (nSPS) is 18.0. The minimum Gasteiger partial charge on any atom is -0.454 e. The van der Waals surface area contributed by atoms with Crippen LogP contribution < -0.4 is 10.0 Å². The molecule has 11 heteroatoms. The van der Waals surface area contributed by atoms with E-state index in [1.54, 1.807) is 32.9 Å². The van der Waals surface area contributed by atoms with Crippen LogP contribution >= 0.6 is 0 Å². The number of rotatable bonds is 6. The molecule has 2 heterocycles. The Morgan fingerprint density at radius 2 is 1.69 bits per heavy atom. The number of carbonyl (C=O) groups is 4. The number of nitrogens with two attached hydrogens (primary N) is 1. The van der Waals surface area contributed by atoms with Crippen LogP contribution in [-0.4, -0.2) is 55.7 Å². The predicted octanol–water partition coefficient (Wildman–Crippen LogP) is 1.48. The lowest BCUT2D eigenvalue weighted by atomic mass is 10.0. The zero-order valence-electron chi connectivity index (χ0n) is 19.4. The molecule has 0 bridgehead atoms. The van der Waals surface area contributed by atoms with Gasteiger partial charge in [-0.25, -0.2) is 18.4 Å². The van der Waals surface area contributed by atoms with E-state index in [0.717, 1.165) is 4.90 Å². The SMILES string of the molecule is CC(C)[C@@H](C(=O)OCC(=O)N1c2ccc(S(N)(=O)=O)cc2CC1C)N1C(=O)c2ccccc2C1=O. The molecule has 0 aromatic heterocycles. The summed E-state index contributed by atoms with van der Waals surface area (Å²) in [6.45, 7) is 4.54. The Hall–Kier alpha value is -3.57. The first-order valence-electron chi connectivity index (χ1n) is 11.0. The number of imide groups is 1. The van der Waals surface area contributed by atoms with Crippen LogP contribution in [0.1, 0.15) is 47.1 Å². The van der Waals surface area contributed by atoms with Gasteiger partial charge in [0.05, 0.1) is 16.0 Å². The summed E-state index contributed by atoms with van der Waals surface area (Å²) < 4.78 is 28.6. The zero-order valence-corrected chi connectivity index (χ0v) is 20.2. The Morgan fingerprint density at radius 3 is 2.23 bits per heavy atom. The highest BCUT2D eigenvalue weighted by atomic mass is 32.2. The number of sulfonamides is 1. The van der Waals surface area contributed by atoms with Crippen molar-refractivity contribution >= 4 is 39.4 Å². The van der Waals surface area contributed by atoms with Gasteiger partial charge in [-0.15, -0.1) is 0 Å². The van der Waals surface area contributed by atoms with Gasteiger partial charge < -0.3 is 9.64 Å². The number of esters is 1. The summed E-state index contributed by atoms with van der Waals surface area (Å²) in [5, 5.41) is 5.20. The average molecular weight is 500 g/mol. The Balaban J connectivity index is 1.50. The van der Waals surface area contributed by atoms with Crippen molar-refractivity contribution in [3.8, 4) is 0 Å². The number of fused-ring (bicyclic) bond motifs is 2. The van der Waals surface area contributed by atoms with Gasteiger partial charge in [-0.05, 0) is 55.2 Å². The fraction of sp³-hybridized carbons (Fsp3) is 0.333. The number of anilines is 1. The van der Waals surface area contributed by atoms with Crippen molar-refractivity contribution in [2.24, 2.45) is 11.1 Å². The maximum Gasteiger partial charge on any atom is 0.330 e. The molecule has 1 unspecified atom stereocenters. The second-order valence-electron chi connectivity index (χ2n) is 8.97. The smallest absolute Gasteiger partial charge is 0.330 e. The molecule has 2 aromatic rings. The number of benzene rings is 2. The predicted molar refractivity (Wildman–Crippen MR) is 125 cm³/mol. The van der Waals surface area contributed by atoms with Gasteiger partial charge in [-0.2, -0.15) is 0 Å². The standard InChI is InChI=1S/C24H25N3O7S/c1-13(2)21(27-22(29)17-6-4-5-7-18(17)23(27)30)24(31)34-12-20(28)26-14(3)10-15-11-16(35(25,32)33)8-9-19(15)26/h4-9,11,13-14,21H,10,12H2,1-3H3,(H2,25,32,33)/t14?,21-/m0/s1. The maximum atomic E-state index is 13.0. The van der Waals surface area contributed by atoms with Crippen LogP contribution in [0.4, 0.5) is 5.69 Å². The lowest BCUT2D eigenvalue weighted by molar-refractivity contribution is -0.153. The van der Waals surface area contributed by atoms with E-state index >= 15 is 0 Å². The molecule has 2 N–H and O–H groups in total. The molecule has 2 aliphatic rings. The molecule has 3 amide bonds. The number of hydrogen-bond donors (Lipinski definition) is 1. The Kier molecular flexibility index (Phi) is 6.24. The van der Waals surface area contributed by atoms with E-state index in [4.69, 9.17) is 9.88 Å². The summed E-state index contributed by atoms with van der Waals surface area (Å²) >= 11 is 0. The first-order chi connectivity index (χ1) is 16.4. The van der Waals surface area contributed by atoms with Gasteiger partial charge in [0.15, 0.2) is 6.61 Å². The van der Waals surface area contributed by atoms with E-state index in [0.29, 0.717) is 17.7 Å². The van der Waals surface area contributed by atoms with E-state index in [9.17, 15) is 27.6 Å². The van der Waals surface area contributed by atoms with Gasteiger partial charge in [-0.3, -0.25) is 19.3 Å². The second kappa shape index (κ2) is 8.90. The number of amides is 3. The summed E-state index contributed by atoms with van der Waals surface area (Å²) in [4.78, 5) is 54.0. The number of carbonyl (C=O) groups excluding carboxylic acids is 4. The summed E-state index contributed by atoms with van der Waals surface area (Å²) in [5.41, 5.74) is 1.57. The van der Waals surface area contributed by atoms with Crippen LogP contribution in [0.3, 0.4) is 0 Å². The van der Waals surface area contributed by atoms with Crippen molar-refractivity contribution in [1.82, 2.24) is 4.90 Å². The van der Waals surface area contributed by atoms with Crippen molar-refractivity contribution in [3.05, 3.63) is 59.2 Å². The first-order valence-corrected chi connectivity index (χ1v) is 12.6. The highest BCUT2D eigenvalue weighted by Crippen LogP contribution is 2.34. The molecular formula is C24H25N3O7S. The lowest BCUT2D eigenvalue weighted by Crippen LogP contribution is -2.49. The van der Waals surface area contributed by atoms with Crippen LogP contribution in [0.2, 0.25) is 0 Å². The highest BCUT2D eigenvalue weighted by molar-refractivity contribution is 7.89. The second-order valence-corrected chi connectivity index (χ2v) is 10.5. The average Bonchev–Trinajstić information content (AvgIpc) is 3.25. The molecule has 2 aromatic carbocycles. The number of ether oxygens (including phenoxy) is 1. The van der Waals surface area contributed by atoms with Crippen molar-refractivity contribution < 1.29 is 32.3 Å². The maximum absolute atomic E-state index is 13.0. The number of primary sulfonamides is 1. The molecule has 2 aliphatic heterocycles. The minimum atomic E-state index is -3.89. The van der Waals surface area contributed by atoms with Gasteiger partial charge in [0.25, 0.3) is 17.7 Å². The van der Waals surface area contributed by atoms with Gasteiger partial charge >= 0.3 is 5.97 Å². The summed E-state index contributed by atoms with van der Waals surface area (Å²) in [5.74, 6) is -3.00. The molecule has 10 nitrogen and oxygen atoms in total. The van der Waals surface area contributed by atoms with Gasteiger partial charge in [0.2, 0.25) is 10.0 Å². The number of hydrogen-bond acceptors (Lipinski definition) is 7. The third kappa shape index (κ3) is 4.32. The highest BCUT2D eigenvalue weighted by Gasteiger charge is 2.45. The van der Waals surface area contributed by atoms with Gasteiger partial charge in [0, 0.05) is 11.7 Å². The molecular weight excluding hydrogens is 474 g/mol. The van der Waals surface area contributed by atoms with Crippen LogP contribution in [-0.2, 0) is 30.8 Å². The first kappa shape index (κ1) is 24.6. The third-order valence-corrected chi connectivity index (χ3v) is 7.09. The third-order valence-electron chi connectivity index (χ3n) is 6.18. The fourth-order valence-electron chi connectivity index (χ4n) is 4.59. The molecule has 0 spiro atoms. The number of nitrogens with zero attached hydrogens (tertiary/aromatic N) is 2. The van der Waals surface area contributed by atoms with E-state index in [1.807, 2.05) is 0 Å². The van der Waals surface area contributed by atoms with Crippen molar-refractivity contribution in [2.75, 3.05) is 11.5 Å². The van der Waals surface area contributed by atoms with Crippen LogP contribution in [0.5, 0.6) is 0 Å². The summed E-state index contributed by atoms with van der Waals surface area (Å²) in [7, 11) is -3.89. The Morgan fingerprint density at radius 1 is 1.09 bits per heavy atom. The van der Waals surface area contributed by atoms with Crippen molar-refractivity contribution in [2.45, 2.75) is 44.2 Å². The summed E-state index contributed by atoms with van der Waals surface area (Å²) in [6, 6.07) is 9.05. The van der Waals surface area contributed by atoms with E-state index < -0.39 is 52.3 Å². The molecule has 0 saturated carbocycles. The largest absolute Gasteiger partial charge is 0.454 e. The van der Waals surface area contributed by atoms with Crippen LogP contribution in [0.25, 0.3) is 0 Å². The molecule has 0 aliphatic carbocycles. The molecule has 0 radical (unpaired) electrons. The summed E-state index contributed by atoms with van der Waals surface area (Å²) in [6.07, 6.45) is 0.405. The minimum absolute atomic E-state index is 0.0510. The van der Waals surface area contributed by atoms with Crippen molar-refractivity contribution in [1.29, 1.82) is 0 Å². The van der Waals surface area contributed by atoms with Gasteiger partial charge in [0.1, 0.15) is 6.04 Å². The molecule has 2 atom stereocenters. The van der Waals surface area contributed by atoms with Crippen LogP contribution in [0.15, 0.2) is 47.4 Å². The molecule has 4 rings (SSSR count). The quantitative estimate of drug-likeness (QED) is 0.468. The van der Waals surface area contributed by atoms with Crippen LogP contribution in [0, 0.1) is 5.92 Å². The molecule has 0 saturated heterocycles. The molecule has 0 fully saturated rings. The zero-order chi connectivity index (χ0) is 25.7. The Bertz CT molecular complexity index is 1320. The monoisotopic (exact) mass is 499 g/mol.